The molecule has 3 aromatic rings. The minimum Gasteiger partial charge on any atom is -0.436 e. The molecule has 2 aromatic heterocycles. The third-order valence-corrected chi connectivity index (χ3v) is 10.5. The minimum absolute atomic E-state index is 0.00325. The van der Waals surface area contributed by atoms with Crippen molar-refractivity contribution >= 4 is 50.2 Å². The minimum atomic E-state index is -4.23. The fourth-order valence-corrected chi connectivity index (χ4v) is 7.92. The van der Waals surface area contributed by atoms with E-state index < -0.39 is 27.9 Å². The van der Waals surface area contributed by atoms with Crippen LogP contribution in [0.3, 0.4) is 0 Å². The second-order valence-electron chi connectivity index (χ2n) is 11.4. The molecule has 2 saturated heterocycles. The Kier molecular flexibility index (Phi) is 8.41. The molecule has 1 aromatic carbocycles. The van der Waals surface area contributed by atoms with Gasteiger partial charge in [0, 0.05) is 73.6 Å². The van der Waals surface area contributed by atoms with Gasteiger partial charge < -0.3 is 29.7 Å². The van der Waals surface area contributed by atoms with E-state index in [0.29, 0.717) is 61.0 Å². The highest BCUT2D eigenvalue weighted by atomic mass is 35.5. The van der Waals surface area contributed by atoms with Crippen molar-refractivity contribution in [1.29, 1.82) is 0 Å². The van der Waals surface area contributed by atoms with E-state index in [2.05, 4.69) is 14.9 Å². The summed E-state index contributed by atoms with van der Waals surface area (Å²) in [5.41, 5.74) is 6.92. The van der Waals surface area contributed by atoms with Crippen molar-refractivity contribution in [3.8, 4) is 0 Å². The predicted octanol–water partition coefficient (Wildman–Crippen LogP) is 0.589. The number of carbonyl (C=O) groups is 3. The lowest BCUT2D eigenvalue weighted by molar-refractivity contribution is -0.136. The summed E-state index contributed by atoms with van der Waals surface area (Å²) in [5, 5.41) is 0.678. The summed E-state index contributed by atoms with van der Waals surface area (Å²) in [6.07, 6.45) is 0.227. The van der Waals surface area contributed by atoms with Crippen molar-refractivity contribution in [2.24, 2.45) is 5.73 Å². The van der Waals surface area contributed by atoms with E-state index in [1.807, 2.05) is 7.05 Å². The van der Waals surface area contributed by atoms with Gasteiger partial charge in [-0.3, -0.25) is 19.3 Å². The van der Waals surface area contributed by atoms with Gasteiger partial charge in [0.05, 0.1) is 37.9 Å². The smallest absolute Gasteiger partial charge is 0.310 e. The lowest BCUT2D eigenvalue weighted by Gasteiger charge is -2.40. The van der Waals surface area contributed by atoms with Gasteiger partial charge in [-0.25, -0.2) is 13.4 Å². The van der Waals surface area contributed by atoms with Crippen LogP contribution in [0.2, 0.25) is 5.02 Å². The average Bonchev–Trinajstić information content (AvgIpc) is 3.58. The number of halogens is 1. The molecular weight excluding hydrogens is 614 g/mol. The Bertz CT molecular complexity index is 1720. The molecule has 2 fully saturated rings. The number of hydrogen-bond acceptors (Lipinski definition) is 9. The molecule has 3 aliphatic heterocycles. The highest BCUT2D eigenvalue weighted by Gasteiger charge is 2.41. The first kappa shape index (κ1) is 30.5. The highest BCUT2D eigenvalue weighted by molar-refractivity contribution is 7.89. The summed E-state index contributed by atoms with van der Waals surface area (Å²) in [7, 11) is -2.27. The number of nitrogens with zero attached hydrogens (tertiary/aromatic N) is 5. The van der Waals surface area contributed by atoms with Crippen LogP contribution in [-0.4, -0.2) is 121 Å². The number of rotatable bonds is 7. The average molecular weight is 648 g/mol. The van der Waals surface area contributed by atoms with Crippen LogP contribution in [0.4, 0.5) is 0 Å². The normalized spacial score (nSPS) is 20.2. The number of fused-ring (bicyclic) bond motifs is 2. The first-order valence-electron chi connectivity index (χ1n) is 14.4. The Hall–Kier alpha value is -3.50. The molecule has 3 aliphatic rings. The summed E-state index contributed by atoms with van der Waals surface area (Å²) in [6, 6.07) is 4.03. The molecule has 1 unspecified atom stereocenters. The zero-order valence-electron chi connectivity index (χ0n) is 24.3. The molecule has 5 heterocycles. The van der Waals surface area contributed by atoms with Crippen molar-refractivity contribution in [3.05, 3.63) is 46.1 Å². The second kappa shape index (κ2) is 12.1. The fourth-order valence-electron chi connectivity index (χ4n) is 6.06. The number of hydrogen-bond donors (Lipinski definition) is 2. The van der Waals surface area contributed by atoms with Crippen LogP contribution >= 0.6 is 11.6 Å². The van der Waals surface area contributed by atoms with Gasteiger partial charge in [-0.2, -0.15) is 4.31 Å². The van der Waals surface area contributed by atoms with Crippen LogP contribution in [-0.2, 0) is 43.7 Å². The summed E-state index contributed by atoms with van der Waals surface area (Å²) >= 11 is 6.18. The molecule has 16 heteroatoms. The Labute approximate surface area is 259 Å². The molecule has 0 radical (unpaired) electrons. The Balaban J connectivity index is 1.31. The summed E-state index contributed by atoms with van der Waals surface area (Å²) in [5.74, 6) is -0.842. The number of morpholine rings is 1. The molecule has 3 N–H and O–H groups in total. The molecule has 6 rings (SSSR count). The van der Waals surface area contributed by atoms with Gasteiger partial charge in [-0.05, 0) is 25.2 Å². The first-order valence-corrected chi connectivity index (χ1v) is 16.2. The predicted molar refractivity (Wildman–Crippen MR) is 158 cm³/mol. The van der Waals surface area contributed by atoms with Crippen molar-refractivity contribution in [1.82, 2.24) is 29.0 Å². The maximum atomic E-state index is 14.1. The number of piperazine rings is 1. The third kappa shape index (κ3) is 5.94. The number of ether oxygens (including phenoxy) is 1. The number of benzene rings is 1. The number of aromatic amines is 1. The molecule has 0 aliphatic carbocycles. The largest absolute Gasteiger partial charge is 0.436 e. The molecule has 44 heavy (non-hydrogen) atoms. The molecule has 0 bridgehead atoms. The van der Waals surface area contributed by atoms with E-state index in [1.54, 1.807) is 23.1 Å². The number of oxazole rings is 1. The number of aromatic nitrogens is 2. The zero-order valence-corrected chi connectivity index (χ0v) is 25.8. The van der Waals surface area contributed by atoms with E-state index in [0.717, 1.165) is 12.2 Å². The Morgan fingerprint density at radius 3 is 2.66 bits per heavy atom. The summed E-state index contributed by atoms with van der Waals surface area (Å²) in [6.45, 7) is 2.76. The number of likely N-dealkylation sites (N-methyl/N-ethyl adjacent to an activating group) is 1. The number of primary amides is 1. The van der Waals surface area contributed by atoms with E-state index in [-0.39, 0.29) is 54.9 Å². The molecule has 1 atom stereocenters. The van der Waals surface area contributed by atoms with Gasteiger partial charge in [0.25, 0.3) is 15.9 Å². The van der Waals surface area contributed by atoms with Gasteiger partial charge in [-0.15, -0.1) is 0 Å². The summed E-state index contributed by atoms with van der Waals surface area (Å²) in [4.78, 5) is 51.7. The SMILES string of the molecule is CN1CCc2nc(C(=O)N3CCN(S(=O)(=O)c4[nH]c5ccc(Cl)cc5c4CC(N)=O)CC3CC(=O)N3CCOCC3)oc2C1. The number of sulfonamides is 1. The van der Waals surface area contributed by atoms with Crippen LogP contribution in [0.5, 0.6) is 0 Å². The number of H-pyrrole nitrogens is 1. The fraction of sp³-hybridized carbons (Fsp3) is 0.500. The quantitative estimate of drug-likeness (QED) is 0.372. The van der Waals surface area contributed by atoms with E-state index in [9.17, 15) is 22.8 Å². The molecule has 3 amide bonds. The third-order valence-electron chi connectivity index (χ3n) is 8.36. The Morgan fingerprint density at radius 1 is 1.14 bits per heavy atom. The van der Waals surface area contributed by atoms with Gasteiger partial charge in [0.2, 0.25) is 11.8 Å². The summed E-state index contributed by atoms with van der Waals surface area (Å²) < 4.78 is 40.8. The maximum absolute atomic E-state index is 14.1. The highest BCUT2D eigenvalue weighted by Crippen LogP contribution is 2.32. The monoisotopic (exact) mass is 647 g/mol. The molecule has 0 saturated carbocycles. The van der Waals surface area contributed by atoms with Crippen molar-refractivity contribution in [2.45, 2.75) is 36.9 Å². The van der Waals surface area contributed by atoms with Crippen molar-refractivity contribution in [2.75, 3.05) is 59.5 Å². The van der Waals surface area contributed by atoms with Crippen LogP contribution in [0.15, 0.2) is 27.6 Å². The van der Waals surface area contributed by atoms with Crippen LogP contribution < -0.4 is 5.73 Å². The van der Waals surface area contributed by atoms with Gasteiger partial charge in [-0.1, -0.05) is 11.6 Å². The van der Waals surface area contributed by atoms with E-state index >= 15 is 0 Å². The molecule has 14 nitrogen and oxygen atoms in total. The van der Waals surface area contributed by atoms with E-state index in [1.165, 1.54) is 9.21 Å². The Morgan fingerprint density at radius 2 is 1.91 bits per heavy atom. The maximum Gasteiger partial charge on any atom is 0.310 e. The van der Waals surface area contributed by atoms with Gasteiger partial charge >= 0.3 is 5.91 Å². The van der Waals surface area contributed by atoms with Crippen LogP contribution in [0.25, 0.3) is 10.9 Å². The van der Waals surface area contributed by atoms with Gasteiger partial charge in [0.15, 0.2) is 5.03 Å². The van der Waals surface area contributed by atoms with E-state index in [4.69, 9.17) is 26.5 Å². The second-order valence-corrected chi connectivity index (χ2v) is 13.7. The van der Waals surface area contributed by atoms with Gasteiger partial charge in [0.1, 0.15) is 5.76 Å². The van der Waals surface area contributed by atoms with Crippen LogP contribution in [0, 0.1) is 0 Å². The number of nitrogens with two attached hydrogens (primary N) is 1. The lowest BCUT2D eigenvalue weighted by Crippen LogP contribution is -2.58. The van der Waals surface area contributed by atoms with Crippen molar-refractivity contribution in [3.63, 3.8) is 0 Å². The lowest BCUT2D eigenvalue weighted by atomic mass is 10.1. The molecule has 236 valence electrons. The molecular formula is C28H34ClN7O7S. The zero-order chi connectivity index (χ0) is 31.2. The standard InChI is InChI=1S/C28H34ClN7O7S/c1-33-5-4-22-23(16-33)43-26(31-22)28(39)36-7-6-35(15-18(36)13-25(38)34-8-10-42-11-9-34)44(40,41)27-20(14-24(30)37)19-12-17(29)2-3-21(19)32-27/h2-3,12,18,32H,4-11,13-16H2,1H3,(H2,30,37). The number of carbonyl (C=O) groups excluding carboxylic acids is 3. The first-order chi connectivity index (χ1) is 21.0. The van der Waals surface area contributed by atoms with Crippen LogP contribution in [0.1, 0.15) is 34.1 Å². The van der Waals surface area contributed by atoms with Crippen molar-refractivity contribution < 1.29 is 32.0 Å². The number of nitrogens with one attached hydrogen (secondary N) is 1. The molecule has 0 spiro atoms. The number of amides is 3. The topological polar surface area (TPSA) is 175 Å².